The number of anilines is 1. The van der Waals surface area contributed by atoms with E-state index in [0.29, 0.717) is 6.54 Å². The Bertz CT molecular complexity index is 725. The number of carbonyl (C=O) groups is 1. The molecule has 1 aliphatic heterocycles. The van der Waals surface area contributed by atoms with Crippen molar-refractivity contribution in [2.75, 3.05) is 18.0 Å². The molecule has 1 amide bonds. The van der Waals surface area contributed by atoms with E-state index in [-0.39, 0.29) is 11.9 Å². The Morgan fingerprint density at radius 1 is 1.04 bits per heavy atom. The molecular weight excluding hydrogens is 284 g/mol. The molecule has 0 bridgehead atoms. The lowest BCUT2D eigenvalue weighted by atomic mass is 9.88. The lowest BCUT2D eigenvalue weighted by Gasteiger charge is -2.27. The first-order chi connectivity index (χ1) is 11.3. The number of benzene rings is 2. The first-order valence-electron chi connectivity index (χ1n) is 8.51. The first-order valence-corrected chi connectivity index (χ1v) is 8.51. The number of aryl methyl sites for hydroxylation is 1. The summed E-state index contributed by atoms with van der Waals surface area (Å²) >= 11 is 0. The molecule has 1 atom stereocenters. The molecule has 3 heteroatoms. The van der Waals surface area contributed by atoms with Gasteiger partial charge in [0.25, 0.3) is 0 Å². The van der Waals surface area contributed by atoms with Crippen molar-refractivity contribution in [2.45, 2.75) is 31.7 Å². The third kappa shape index (κ3) is 2.83. The van der Waals surface area contributed by atoms with Crippen LogP contribution in [0.4, 0.5) is 5.69 Å². The van der Waals surface area contributed by atoms with E-state index in [1.54, 1.807) is 0 Å². The maximum atomic E-state index is 12.5. The zero-order chi connectivity index (χ0) is 15.6. The molecule has 0 saturated carbocycles. The third-order valence-electron chi connectivity index (χ3n) is 5.02. The van der Waals surface area contributed by atoms with Gasteiger partial charge in [0.15, 0.2) is 0 Å². The molecule has 0 saturated heterocycles. The van der Waals surface area contributed by atoms with Gasteiger partial charge in [-0.15, -0.1) is 0 Å². The van der Waals surface area contributed by atoms with Gasteiger partial charge in [0.05, 0.1) is 12.6 Å². The minimum Gasteiger partial charge on any atom is -0.362 e. The lowest BCUT2D eigenvalue weighted by Crippen LogP contribution is -2.39. The minimum absolute atomic E-state index is 0.128. The van der Waals surface area contributed by atoms with Gasteiger partial charge in [-0.1, -0.05) is 42.5 Å². The molecule has 2 aliphatic rings. The molecule has 1 N–H and O–H groups in total. The Kier molecular flexibility index (Phi) is 3.78. The first kappa shape index (κ1) is 14.3. The molecule has 1 heterocycles. The van der Waals surface area contributed by atoms with Crippen LogP contribution in [-0.4, -0.2) is 19.0 Å². The van der Waals surface area contributed by atoms with E-state index in [1.807, 2.05) is 6.07 Å². The lowest BCUT2D eigenvalue weighted by molar-refractivity contribution is -0.120. The molecule has 0 unspecified atom stereocenters. The van der Waals surface area contributed by atoms with Crippen molar-refractivity contribution in [3.05, 3.63) is 65.2 Å². The summed E-state index contributed by atoms with van der Waals surface area (Å²) in [7, 11) is 0. The van der Waals surface area contributed by atoms with E-state index in [4.69, 9.17) is 0 Å². The summed E-state index contributed by atoms with van der Waals surface area (Å²) in [6.45, 7) is 1.39. The van der Waals surface area contributed by atoms with Gasteiger partial charge < -0.3 is 10.2 Å². The summed E-state index contributed by atoms with van der Waals surface area (Å²) < 4.78 is 0. The maximum absolute atomic E-state index is 12.5. The number of carbonyl (C=O) groups excluding carboxylic acids is 1. The molecule has 4 rings (SSSR count). The predicted molar refractivity (Wildman–Crippen MR) is 92.6 cm³/mol. The Balaban J connectivity index is 1.44. The topological polar surface area (TPSA) is 32.3 Å². The SMILES string of the molecule is O=C(CN1CCc2ccccc21)N[C@@H]1CCCc2ccccc21. The van der Waals surface area contributed by atoms with Gasteiger partial charge in [-0.3, -0.25) is 4.79 Å². The van der Waals surface area contributed by atoms with E-state index in [2.05, 4.69) is 52.7 Å². The highest BCUT2D eigenvalue weighted by atomic mass is 16.2. The van der Waals surface area contributed by atoms with E-state index in [9.17, 15) is 4.79 Å². The Morgan fingerprint density at radius 3 is 2.74 bits per heavy atom. The van der Waals surface area contributed by atoms with Gasteiger partial charge in [0.1, 0.15) is 0 Å². The van der Waals surface area contributed by atoms with Crippen LogP contribution < -0.4 is 10.2 Å². The molecule has 2 aromatic carbocycles. The van der Waals surface area contributed by atoms with Gasteiger partial charge in [-0.05, 0) is 48.4 Å². The smallest absolute Gasteiger partial charge is 0.240 e. The van der Waals surface area contributed by atoms with Crippen LogP contribution in [-0.2, 0) is 17.6 Å². The van der Waals surface area contributed by atoms with Gasteiger partial charge in [-0.2, -0.15) is 0 Å². The van der Waals surface area contributed by atoms with Crippen LogP contribution >= 0.6 is 0 Å². The summed E-state index contributed by atoms with van der Waals surface area (Å²) in [5.41, 5.74) is 5.25. The number of amides is 1. The van der Waals surface area contributed by atoms with Crippen molar-refractivity contribution in [3.63, 3.8) is 0 Å². The summed E-state index contributed by atoms with van der Waals surface area (Å²) in [4.78, 5) is 14.7. The number of hydrogen-bond donors (Lipinski definition) is 1. The molecule has 0 spiro atoms. The number of fused-ring (bicyclic) bond motifs is 2. The van der Waals surface area contributed by atoms with Crippen LogP contribution in [0.5, 0.6) is 0 Å². The van der Waals surface area contributed by atoms with Crippen molar-refractivity contribution >= 4 is 11.6 Å². The Labute approximate surface area is 137 Å². The number of hydrogen-bond acceptors (Lipinski definition) is 2. The van der Waals surface area contributed by atoms with Crippen molar-refractivity contribution < 1.29 is 4.79 Å². The van der Waals surface area contributed by atoms with E-state index in [1.165, 1.54) is 22.4 Å². The van der Waals surface area contributed by atoms with Crippen LogP contribution in [0.15, 0.2) is 48.5 Å². The highest BCUT2D eigenvalue weighted by Crippen LogP contribution is 2.30. The average molecular weight is 306 g/mol. The number of nitrogens with zero attached hydrogens (tertiary/aromatic N) is 1. The fourth-order valence-electron chi connectivity index (χ4n) is 3.89. The fraction of sp³-hybridized carbons (Fsp3) is 0.350. The van der Waals surface area contributed by atoms with Gasteiger partial charge in [0, 0.05) is 12.2 Å². The standard InChI is InChI=1S/C20H22N2O/c23-20(14-22-13-12-16-7-2-4-11-19(16)22)21-18-10-5-8-15-6-1-3-9-17(15)18/h1-4,6-7,9,11,18H,5,8,10,12-14H2,(H,21,23)/t18-/m1/s1. The zero-order valence-electron chi connectivity index (χ0n) is 13.3. The molecule has 1 aliphatic carbocycles. The predicted octanol–water partition coefficient (Wildman–Crippen LogP) is 3.24. The number of nitrogens with one attached hydrogen (secondary N) is 1. The van der Waals surface area contributed by atoms with Crippen molar-refractivity contribution in [1.29, 1.82) is 0 Å². The molecule has 0 radical (unpaired) electrons. The Hall–Kier alpha value is -2.29. The molecule has 2 aromatic rings. The molecule has 23 heavy (non-hydrogen) atoms. The van der Waals surface area contributed by atoms with Crippen LogP contribution in [0.2, 0.25) is 0 Å². The molecule has 118 valence electrons. The van der Waals surface area contributed by atoms with Crippen molar-refractivity contribution in [2.24, 2.45) is 0 Å². The highest BCUT2D eigenvalue weighted by Gasteiger charge is 2.24. The van der Waals surface area contributed by atoms with Gasteiger partial charge in [-0.25, -0.2) is 0 Å². The third-order valence-corrected chi connectivity index (χ3v) is 5.02. The average Bonchev–Trinajstić information content (AvgIpc) is 2.98. The summed E-state index contributed by atoms with van der Waals surface area (Å²) in [6, 6.07) is 17.1. The zero-order valence-corrected chi connectivity index (χ0v) is 13.3. The number of para-hydroxylation sites is 1. The van der Waals surface area contributed by atoms with Gasteiger partial charge in [0.2, 0.25) is 5.91 Å². The van der Waals surface area contributed by atoms with Gasteiger partial charge >= 0.3 is 0 Å². The maximum Gasteiger partial charge on any atom is 0.240 e. The highest BCUT2D eigenvalue weighted by molar-refractivity contribution is 5.82. The van der Waals surface area contributed by atoms with E-state index < -0.39 is 0 Å². The molecule has 0 aromatic heterocycles. The summed E-state index contributed by atoms with van der Waals surface area (Å²) in [6.07, 6.45) is 4.35. The fourth-order valence-corrected chi connectivity index (χ4v) is 3.89. The summed E-state index contributed by atoms with van der Waals surface area (Å²) in [5, 5.41) is 3.25. The molecular formula is C20H22N2O. The van der Waals surface area contributed by atoms with E-state index in [0.717, 1.165) is 32.2 Å². The second-order valence-electron chi connectivity index (χ2n) is 6.51. The van der Waals surface area contributed by atoms with E-state index >= 15 is 0 Å². The largest absolute Gasteiger partial charge is 0.362 e. The quantitative estimate of drug-likeness (QED) is 0.944. The van der Waals surface area contributed by atoms with Crippen LogP contribution in [0.25, 0.3) is 0 Å². The molecule has 3 nitrogen and oxygen atoms in total. The second-order valence-corrected chi connectivity index (χ2v) is 6.51. The molecule has 0 fully saturated rings. The normalized spacial score (nSPS) is 19.1. The van der Waals surface area contributed by atoms with Crippen molar-refractivity contribution in [3.8, 4) is 0 Å². The monoisotopic (exact) mass is 306 g/mol. The Morgan fingerprint density at radius 2 is 1.83 bits per heavy atom. The number of rotatable bonds is 3. The minimum atomic E-state index is 0.128. The van der Waals surface area contributed by atoms with Crippen molar-refractivity contribution in [1.82, 2.24) is 5.32 Å². The van der Waals surface area contributed by atoms with Crippen LogP contribution in [0, 0.1) is 0 Å². The van der Waals surface area contributed by atoms with Crippen LogP contribution in [0.3, 0.4) is 0 Å². The second kappa shape index (κ2) is 6.07. The summed E-state index contributed by atoms with van der Waals surface area (Å²) in [5.74, 6) is 0.128. The van der Waals surface area contributed by atoms with Crippen LogP contribution in [0.1, 0.15) is 35.6 Å².